The van der Waals surface area contributed by atoms with Crippen LogP contribution < -0.4 is 5.73 Å². The van der Waals surface area contributed by atoms with Gasteiger partial charge in [-0.3, -0.25) is 0 Å². The van der Waals surface area contributed by atoms with Crippen LogP contribution in [0.5, 0.6) is 0 Å². The highest BCUT2D eigenvalue weighted by Crippen LogP contribution is 2.32. The van der Waals surface area contributed by atoms with Crippen molar-refractivity contribution in [1.29, 1.82) is 0 Å². The van der Waals surface area contributed by atoms with Gasteiger partial charge < -0.3 is 15.4 Å². The average Bonchev–Trinajstić information content (AvgIpc) is 2.25. The fourth-order valence-corrected chi connectivity index (χ4v) is 3.97. The van der Waals surface area contributed by atoms with Gasteiger partial charge in [0.05, 0.1) is 5.75 Å². The Hall–Kier alpha value is -0.820. The molecule has 1 saturated heterocycles. The van der Waals surface area contributed by atoms with Crippen LogP contribution in [-0.4, -0.2) is 56.7 Å². The third-order valence-corrected chi connectivity index (χ3v) is 4.61. The van der Waals surface area contributed by atoms with E-state index >= 15 is 0 Å². The minimum Gasteiger partial charge on any atom is -0.444 e. The molecule has 0 aromatic heterocycles. The second-order valence-corrected chi connectivity index (χ2v) is 8.88. The number of carbonyl (C=O) groups is 1. The lowest BCUT2D eigenvalue weighted by Crippen LogP contribution is -2.49. The number of piperidine rings is 1. The smallest absolute Gasteiger partial charge is 0.410 e. The summed E-state index contributed by atoms with van der Waals surface area (Å²) in [5.41, 5.74) is 4.84. The molecule has 20 heavy (non-hydrogen) atoms. The van der Waals surface area contributed by atoms with E-state index in [2.05, 4.69) is 0 Å². The Morgan fingerprint density at radius 1 is 1.30 bits per heavy atom. The molecule has 0 unspecified atom stereocenters. The molecule has 0 spiro atoms. The Balaban J connectivity index is 2.64. The third-order valence-electron chi connectivity index (χ3n) is 3.48. The minimum atomic E-state index is -3.08. The van der Waals surface area contributed by atoms with Crippen LogP contribution in [0.15, 0.2) is 0 Å². The van der Waals surface area contributed by atoms with Crippen molar-refractivity contribution in [3.8, 4) is 0 Å². The zero-order valence-corrected chi connectivity index (χ0v) is 13.6. The van der Waals surface area contributed by atoms with Crippen LogP contribution in [0.4, 0.5) is 4.79 Å². The van der Waals surface area contributed by atoms with E-state index in [0.717, 1.165) is 0 Å². The van der Waals surface area contributed by atoms with E-state index in [4.69, 9.17) is 10.5 Å². The maximum atomic E-state index is 12.0. The zero-order chi connectivity index (χ0) is 15.6. The summed E-state index contributed by atoms with van der Waals surface area (Å²) in [6, 6.07) is 0. The lowest BCUT2D eigenvalue weighted by Gasteiger charge is -2.40. The Morgan fingerprint density at radius 2 is 1.80 bits per heavy atom. The van der Waals surface area contributed by atoms with Crippen molar-refractivity contribution in [2.45, 2.75) is 39.2 Å². The van der Waals surface area contributed by atoms with Crippen LogP contribution >= 0.6 is 0 Å². The van der Waals surface area contributed by atoms with Crippen LogP contribution in [-0.2, 0) is 14.6 Å². The minimum absolute atomic E-state index is 0.0820. The predicted molar refractivity (Wildman–Crippen MR) is 78.2 cm³/mol. The Kier molecular flexibility index (Phi) is 5.08. The van der Waals surface area contributed by atoms with Crippen LogP contribution in [0.1, 0.15) is 33.6 Å². The Bertz CT molecular complexity index is 445. The van der Waals surface area contributed by atoms with E-state index in [-0.39, 0.29) is 11.8 Å². The number of rotatable bonds is 3. The van der Waals surface area contributed by atoms with E-state index in [0.29, 0.717) is 32.5 Å². The molecular formula is C13H26N2O4S. The number of ether oxygens (including phenoxy) is 1. The number of nitrogens with zero attached hydrogens (tertiary/aromatic N) is 1. The van der Waals surface area contributed by atoms with Crippen molar-refractivity contribution >= 4 is 15.9 Å². The van der Waals surface area contributed by atoms with Crippen LogP contribution in [0.3, 0.4) is 0 Å². The van der Waals surface area contributed by atoms with Crippen molar-refractivity contribution in [2.24, 2.45) is 11.1 Å². The van der Waals surface area contributed by atoms with Crippen molar-refractivity contribution in [3.63, 3.8) is 0 Å². The molecular weight excluding hydrogens is 280 g/mol. The van der Waals surface area contributed by atoms with E-state index in [1.807, 2.05) is 20.8 Å². The molecule has 1 aliphatic heterocycles. The SMILES string of the molecule is CC(C)(C)OC(=O)N1CCC(CN)(CS(C)(=O)=O)CC1. The predicted octanol–water partition coefficient (Wildman–Crippen LogP) is 1.01. The molecule has 1 heterocycles. The largest absolute Gasteiger partial charge is 0.444 e. The molecule has 7 heteroatoms. The van der Waals surface area contributed by atoms with Crippen LogP contribution in [0.25, 0.3) is 0 Å². The summed E-state index contributed by atoms with van der Waals surface area (Å²) in [5.74, 6) is 0.0820. The number of carbonyl (C=O) groups excluding carboxylic acids is 1. The monoisotopic (exact) mass is 306 g/mol. The maximum absolute atomic E-state index is 12.0. The number of sulfone groups is 1. The van der Waals surface area contributed by atoms with E-state index < -0.39 is 20.9 Å². The second-order valence-electron chi connectivity index (χ2n) is 6.74. The molecule has 0 atom stereocenters. The van der Waals surface area contributed by atoms with Crippen LogP contribution in [0, 0.1) is 5.41 Å². The first-order chi connectivity index (χ1) is 8.96. The van der Waals surface area contributed by atoms with E-state index in [9.17, 15) is 13.2 Å². The number of likely N-dealkylation sites (tertiary alicyclic amines) is 1. The summed E-state index contributed by atoms with van der Waals surface area (Å²) in [6.45, 7) is 6.76. The number of amides is 1. The van der Waals surface area contributed by atoms with Crippen molar-refractivity contribution in [3.05, 3.63) is 0 Å². The maximum Gasteiger partial charge on any atom is 0.410 e. The molecule has 118 valence electrons. The zero-order valence-electron chi connectivity index (χ0n) is 12.8. The van der Waals surface area contributed by atoms with Crippen molar-refractivity contribution < 1.29 is 17.9 Å². The first-order valence-corrected chi connectivity index (χ1v) is 8.88. The molecule has 6 nitrogen and oxygen atoms in total. The molecule has 0 aromatic carbocycles. The van der Waals surface area contributed by atoms with Gasteiger partial charge in [-0.05, 0) is 45.6 Å². The summed E-state index contributed by atoms with van der Waals surface area (Å²) < 4.78 is 28.3. The van der Waals surface area contributed by atoms with Gasteiger partial charge in [-0.1, -0.05) is 0 Å². The fourth-order valence-electron chi connectivity index (χ4n) is 2.45. The number of hydrogen-bond donors (Lipinski definition) is 1. The van der Waals surface area contributed by atoms with Gasteiger partial charge in [0.15, 0.2) is 0 Å². The molecule has 0 radical (unpaired) electrons. The van der Waals surface area contributed by atoms with E-state index in [1.165, 1.54) is 6.26 Å². The van der Waals surface area contributed by atoms with E-state index in [1.54, 1.807) is 4.90 Å². The van der Waals surface area contributed by atoms with Gasteiger partial charge in [0.25, 0.3) is 0 Å². The number of hydrogen-bond acceptors (Lipinski definition) is 5. The highest BCUT2D eigenvalue weighted by Gasteiger charge is 2.38. The summed E-state index contributed by atoms with van der Waals surface area (Å²) in [4.78, 5) is 13.6. The Labute approximate surface area is 121 Å². The summed E-state index contributed by atoms with van der Waals surface area (Å²) in [5, 5.41) is 0. The highest BCUT2D eigenvalue weighted by atomic mass is 32.2. The molecule has 1 rings (SSSR count). The first-order valence-electron chi connectivity index (χ1n) is 6.82. The fraction of sp³-hybridized carbons (Fsp3) is 0.923. The number of nitrogens with two attached hydrogens (primary N) is 1. The quantitative estimate of drug-likeness (QED) is 0.840. The van der Waals surface area contributed by atoms with Gasteiger partial charge in [0.1, 0.15) is 15.4 Å². The van der Waals surface area contributed by atoms with Gasteiger partial charge in [-0.25, -0.2) is 13.2 Å². The van der Waals surface area contributed by atoms with Gasteiger partial charge in [-0.15, -0.1) is 0 Å². The average molecular weight is 306 g/mol. The normalized spacial score (nSPS) is 19.8. The van der Waals surface area contributed by atoms with Crippen molar-refractivity contribution in [2.75, 3.05) is 31.6 Å². The Morgan fingerprint density at radius 3 is 2.15 bits per heavy atom. The molecule has 1 amide bonds. The van der Waals surface area contributed by atoms with Crippen LogP contribution in [0.2, 0.25) is 0 Å². The summed E-state index contributed by atoms with van der Waals surface area (Å²) >= 11 is 0. The van der Waals surface area contributed by atoms with Gasteiger partial charge in [-0.2, -0.15) is 0 Å². The van der Waals surface area contributed by atoms with Gasteiger partial charge in [0.2, 0.25) is 0 Å². The molecule has 1 aliphatic rings. The van der Waals surface area contributed by atoms with Gasteiger partial charge >= 0.3 is 6.09 Å². The molecule has 0 aliphatic carbocycles. The summed E-state index contributed by atoms with van der Waals surface area (Å²) in [7, 11) is -3.08. The standard InChI is InChI=1S/C13H26N2O4S/c1-12(2,3)19-11(16)15-7-5-13(9-14,6-8-15)10-20(4,17)18/h5-10,14H2,1-4H3. The molecule has 0 bridgehead atoms. The third kappa shape index (κ3) is 5.28. The first kappa shape index (κ1) is 17.2. The molecule has 1 fully saturated rings. The lowest BCUT2D eigenvalue weighted by atomic mass is 9.80. The molecule has 0 saturated carbocycles. The highest BCUT2D eigenvalue weighted by molar-refractivity contribution is 7.90. The second kappa shape index (κ2) is 5.89. The summed E-state index contributed by atoms with van der Waals surface area (Å²) in [6.07, 6.45) is 2.07. The lowest BCUT2D eigenvalue weighted by molar-refractivity contribution is 0.0130. The van der Waals surface area contributed by atoms with Gasteiger partial charge in [0, 0.05) is 19.3 Å². The van der Waals surface area contributed by atoms with Crippen molar-refractivity contribution in [1.82, 2.24) is 4.90 Å². The molecule has 2 N–H and O–H groups in total. The molecule has 0 aromatic rings. The topological polar surface area (TPSA) is 89.7 Å².